The molecule has 2 N–H and O–H groups in total. The molecule has 5 nitrogen and oxygen atoms in total. The van der Waals surface area contributed by atoms with Crippen LogP contribution < -0.4 is 5.32 Å². The predicted octanol–water partition coefficient (Wildman–Crippen LogP) is 2.65. The number of carbonyl (C=O) groups is 1. The molecule has 2 aromatic rings. The van der Waals surface area contributed by atoms with Gasteiger partial charge in [0, 0.05) is 23.7 Å². The number of nitrogens with zero attached hydrogens (tertiary/aromatic N) is 2. The molecule has 0 aliphatic carbocycles. The number of carbonyl (C=O) groups excluding carboxylic acids is 1. The summed E-state index contributed by atoms with van der Waals surface area (Å²) in [4.78, 5) is 21.2. The van der Waals surface area contributed by atoms with Crippen molar-refractivity contribution < 1.29 is 4.79 Å². The quantitative estimate of drug-likeness (QED) is 0.841. The Morgan fingerprint density at radius 1 is 1.37 bits per heavy atom. The number of H-pyrrole nitrogens is 1. The van der Waals surface area contributed by atoms with E-state index in [0.717, 1.165) is 23.5 Å². The Hall–Kier alpha value is -2.01. The van der Waals surface area contributed by atoms with Gasteiger partial charge in [-0.1, -0.05) is 11.6 Å². The van der Waals surface area contributed by atoms with Crippen molar-refractivity contribution in [2.75, 3.05) is 11.9 Å². The third-order valence-corrected chi connectivity index (χ3v) is 3.41. The summed E-state index contributed by atoms with van der Waals surface area (Å²) >= 11 is 5.81. The normalized spacial score (nSPS) is 14.1. The van der Waals surface area contributed by atoms with E-state index >= 15 is 0 Å². The molecule has 6 heteroatoms. The first-order chi connectivity index (χ1) is 9.22. The molecule has 2 amide bonds. The molecule has 2 heterocycles. The number of nitrogens with one attached hydrogen (secondary N) is 2. The highest BCUT2D eigenvalue weighted by Gasteiger charge is 2.22. The highest BCUT2D eigenvalue weighted by atomic mass is 35.5. The zero-order valence-corrected chi connectivity index (χ0v) is 10.9. The fourth-order valence-electron chi connectivity index (χ4n) is 2.12. The monoisotopic (exact) mass is 276 g/mol. The van der Waals surface area contributed by atoms with Crippen LogP contribution in [0.25, 0.3) is 0 Å². The second-order valence-corrected chi connectivity index (χ2v) is 4.87. The molecule has 19 heavy (non-hydrogen) atoms. The summed E-state index contributed by atoms with van der Waals surface area (Å²) < 4.78 is 0. The first kappa shape index (κ1) is 12.0. The molecule has 0 atom stereocenters. The number of halogens is 1. The number of aromatic nitrogens is 2. The smallest absolute Gasteiger partial charge is 0.322 e. The van der Waals surface area contributed by atoms with E-state index in [4.69, 9.17) is 11.6 Å². The van der Waals surface area contributed by atoms with E-state index in [2.05, 4.69) is 15.3 Å². The van der Waals surface area contributed by atoms with Gasteiger partial charge in [-0.3, -0.25) is 0 Å². The predicted molar refractivity (Wildman–Crippen MR) is 73.2 cm³/mol. The lowest BCUT2D eigenvalue weighted by atomic mass is 10.1. The SMILES string of the molecule is O=C(Nc1ccc(Cl)cc1)N1CCc2nc[nH]c2C1. The average Bonchev–Trinajstić information content (AvgIpc) is 2.88. The van der Waals surface area contributed by atoms with E-state index in [0.29, 0.717) is 18.1 Å². The van der Waals surface area contributed by atoms with E-state index in [1.165, 1.54) is 0 Å². The lowest BCUT2D eigenvalue weighted by Gasteiger charge is -2.26. The number of imidazole rings is 1. The Morgan fingerprint density at radius 3 is 2.95 bits per heavy atom. The molecule has 1 aromatic carbocycles. The maximum absolute atomic E-state index is 12.1. The van der Waals surface area contributed by atoms with E-state index < -0.39 is 0 Å². The van der Waals surface area contributed by atoms with Crippen LogP contribution in [0.5, 0.6) is 0 Å². The molecule has 1 aromatic heterocycles. The van der Waals surface area contributed by atoms with Gasteiger partial charge in [0.2, 0.25) is 0 Å². The largest absolute Gasteiger partial charge is 0.347 e. The van der Waals surface area contributed by atoms with Crippen LogP contribution in [0.15, 0.2) is 30.6 Å². The lowest BCUT2D eigenvalue weighted by molar-refractivity contribution is 0.205. The Kier molecular flexibility index (Phi) is 3.13. The van der Waals surface area contributed by atoms with Crippen LogP contribution in [0.2, 0.25) is 5.02 Å². The summed E-state index contributed by atoms with van der Waals surface area (Å²) in [7, 11) is 0. The van der Waals surface area contributed by atoms with Crippen molar-refractivity contribution in [3.63, 3.8) is 0 Å². The van der Waals surface area contributed by atoms with Gasteiger partial charge in [0.05, 0.1) is 24.3 Å². The number of rotatable bonds is 1. The molecular weight excluding hydrogens is 264 g/mol. The van der Waals surface area contributed by atoms with Crippen LogP contribution >= 0.6 is 11.6 Å². The number of fused-ring (bicyclic) bond motifs is 1. The molecule has 98 valence electrons. The number of aromatic amines is 1. The van der Waals surface area contributed by atoms with Gasteiger partial charge < -0.3 is 15.2 Å². The topological polar surface area (TPSA) is 61.0 Å². The summed E-state index contributed by atoms with van der Waals surface area (Å²) in [6.07, 6.45) is 2.46. The molecule has 0 saturated heterocycles. The number of amides is 2. The van der Waals surface area contributed by atoms with Crippen LogP contribution in [0.1, 0.15) is 11.4 Å². The van der Waals surface area contributed by atoms with Crippen LogP contribution in [0, 0.1) is 0 Å². The molecular formula is C13H13ClN4O. The van der Waals surface area contributed by atoms with Crippen molar-refractivity contribution in [1.82, 2.24) is 14.9 Å². The van der Waals surface area contributed by atoms with E-state index in [1.54, 1.807) is 35.5 Å². The maximum Gasteiger partial charge on any atom is 0.322 e. The Bertz CT molecular complexity index is 593. The van der Waals surface area contributed by atoms with Crippen molar-refractivity contribution in [2.45, 2.75) is 13.0 Å². The van der Waals surface area contributed by atoms with Crippen molar-refractivity contribution in [3.05, 3.63) is 47.0 Å². The zero-order valence-electron chi connectivity index (χ0n) is 10.2. The minimum atomic E-state index is -0.109. The van der Waals surface area contributed by atoms with Crippen molar-refractivity contribution in [3.8, 4) is 0 Å². The first-order valence-corrected chi connectivity index (χ1v) is 6.43. The molecule has 0 unspecified atom stereocenters. The summed E-state index contributed by atoms with van der Waals surface area (Å²) in [6, 6.07) is 6.96. The van der Waals surface area contributed by atoms with Crippen molar-refractivity contribution in [2.24, 2.45) is 0 Å². The molecule has 0 radical (unpaired) electrons. The zero-order chi connectivity index (χ0) is 13.2. The van der Waals surface area contributed by atoms with Crippen molar-refractivity contribution >= 4 is 23.3 Å². The Labute approximate surface area is 115 Å². The standard InChI is InChI=1S/C13H13ClN4O/c14-9-1-3-10(4-2-9)17-13(19)18-6-5-11-12(7-18)16-8-15-11/h1-4,8H,5-7H2,(H,15,16)(H,17,19). The van der Waals surface area contributed by atoms with Gasteiger partial charge in [0.1, 0.15) is 0 Å². The highest BCUT2D eigenvalue weighted by molar-refractivity contribution is 6.30. The van der Waals surface area contributed by atoms with Gasteiger partial charge in [-0.25, -0.2) is 9.78 Å². The van der Waals surface area contributed by atoms with Crippen molar-refractivity contribution in [1.29, 1.82) is 0 Å². The molecule has 3 rings (SSSR count). The fourth-order valence-corrected chi connectivity index (χ4v) is 2.25. The molecule has 0 fully saturated rings. The third kappa shape index (κ3) is 2.56. The molecule has 1 aliphatic heterocycles. The van der Waals surface area contributed by atoms with Gasteiger partial charge in [-0.2, -0.15) is 0 Å². The minimum absolute atomic E-state index is 0.109. The van der Waals surface area contributed by atoms with E-state index in [1.807, 2.05) is 0 Å². The second-order valence-electron chi connectivity index (χ2n) is 4.44. The number of hydrogen-bond acceptors (Lipinski definition) is 2. The third-order valence-electron chi connectivity index (χ3n) is 3.16. The highest BCUT2D eigenvalue weighted by Crippen LogP contribution is 2.17. The Balaban J connectivity index is 1.67. The number of anilines is 1. The van der Waals surface area contributed by atoms with E-state index in [9.17, 15) is 4.79 Å². The second kappa shape index (κ2) is 4.93. The lowest BCUT2D eigenvalue weighted by Crippen LogP contribution is -2.38. The van der Waals surface area contributed by atoms with Crippen LogP contribution in [0.3, 0.4) is 0 Å². The van der Waals surface area contributed by atoms with Crippen LogP contribution in [-0.4, -0.2) is 27.4 Å². The summed E-state index contributed by atoms with van der Waals surface area (Å²) in [5.74, 6) is 0. The van der Waals surface area contributed by atoms with Gasteiger partial charge in [0.25, 0.3) is 0 Å². The van der Waals surface area contributed by atoms with Crippen LogP contribution in [0.4, 0.5) is 10.5 Å². The minimum Gasteiger partial charge on any atom is -0.347 e. The Morgan fingerprint density at radius 2 is 2.16 bits per heavy atom. The van der Waals surface area contributed by atoms with Gasteiger partial charge in [-0.05, 0) is 24.3 Å². The maximum atomic E-state index is 12.1. The summed E-state index contributed by atoms with van der Waals surface area (Å²) in [5.41, 5.74) is 2.80. The molecule has 0 bridgehead atoms. The number of benzene rings is 1. The van der Waals surface area contributed by atoms with Crippen LogP contribution in [-0.2, 0) is 13.0 Å². The molecule has 0 spiro atoms. The van der Waals surface area contributed by atoms with Gasteiger partial charge in [0.15, 0.2) is 0 Å². The molecule has 0 saturated carbocycles. The van der Waals surface area contributed by atoms with E-state index in [-0.39, 0.29) is 6.03 Å². The summed E-state index contributed by atoms with van der Waals surface area (Å²) in [5, 5.41) is 3.51. The summed E-state index contributed by atoms with van der Waals surface area (Å²) in [6.45, 7) is 1.24. The fraction of sp³-hybridized carbons (Fsp3) is 0.231. The van der Waals surface area contributed by atoms with Gasteiger partial charge in [-0.15, -0.1) is 0 Å². The molecule has 1 aliphatic rings. The number of hydrogen-bond donors (Lipinski definition) is 2. The average molecular weight is 277 g/mol. The first-order valence-electron chi connectivity index (χ1n) is 6.05. The number of urea groups is 1. The van der Waals surface area contributed by atoms with Gasteiger partial charge >= 0.3 is 6.03 Å².